The third-order valence-corrected chi connectivity index (χ3v) is 4.56. The van der Waals surface area contributed by atoms with Gasteiger partial charge in [-0.3, -0.25) is 18.6 Å². The maximum absolute atomic E-state index is 12.7. The minimum absolute atomic E-state index is 0.0505. The topological polar surface area (TPSA) is 81.3 Å². The van der Waals surface area contributed by atoms with Gasteiger partial charge in [0, 0.05) is 13.1 Å². The van der Waals surface area contributed by atoms with Gasteiger partial charge in [0.1, 0.15) is 0 Å². The second kappa shape index (κ2) is 7.04. The van der Waals surface area contributed by atoms with Gasteiger partial charge in [0.15, 0.2) is 5.16 Å². The van der Waals surface area contributed by atoms with Crippen molar-refractivity contribution < 1.29 is 4.79 Å². The van der Waals surface area contributed by atoms with Gasteiger partial charge in [0.25, 0.3) is 5.56 Å². The molecule has 0 atom stereocenters. The molecule has 1 aromatic carbocycles. The summed E-state index contributed by atoms with van der Waals surface area (Å²) in [6.45, 7) is 5.07. The van der Waals surface area contributed by atoms with Crippen LogP contribution in [0, 0.1) is 0 Å². The van der Waals surface area contributed by atoms with E-state index in [4.69, 9.17) is 0 Å². The van der Waals surface area contributed by atoms with Crippen molar-refractivity contribution in [3.8, 4) is 0 Å². The van der Waals surface area contributed by atoms with Gasteiger partial charge in [-0.05, 0) is 25.5 Å². The van der Waals surface area contributed by atoms with Crippen LogP contribution in [0.4, 0.5) is 0 Å². The number of hydrogen-bond acceptors (Lipinski definition) is 5. The molecule has 7 nitrogen and oxygen atoms in total. The number of para-hydroxylation sites is 1. The zero-order valence-corrected chi connectivity index (χ0v) is 14.5. The Hall–Kier alpha value is -2.35. The summed E-state index contributed by atoms with van der Waals surface area (Å²) in [5.41, 5.74) is 0.695. The lowest BCUT2D eigenvalue weighted by Gasteiger charge is -2.10. The molecule has 0 aliphatic carbocycles. The number of hydrogen-bond donors (Lipinski definition) is 1. The fraction of sp³-hybridized carbons (Fsp3) is 0.375. The van der Waals surface area contributed by atoms with Crippen LogP contribution in [0.5, 0.6) is 0 Å². The predicted molar refractivity (Wildman–Crippen MR) is 94.5 cm³/mol. The Morgan fingerprint density at radius 3 is 2.79 bits per heavy atom. The number of carbonyl (C=O) groups is 1. The third kappa shape index (κ3) is 2.89. The predicted octanol–water partition coefficient (Wildman–Crippen LogP) is 1.68. The van der Waals surface area contributed by atoms with E-state index in [9.17, 15) is 9.59 Å². The monoisotopic (exact) mass is 345 g/mol. The summed E-state index contributed by atoms with van der Waals surface area (Å²) in [5, 5.41) is 12.4. The van der Waals surface area contributed by atoms with Crippen LogP contribution in [0.1, 0.15) is 20.3 Å². The lowest BCUT2D eigenvalue weighted by molar-refractivity contribution is -0.118. The fourth-order valence-corrected chi connectivity index (χ4v) is 3.40. The van der Waals surface area contributed by atoms with Crippen LogP contribution < -0.4 is 10.9 Å². The van der Waals surface area contributed by atoms with Gasteiger partial charge in [-0.15, -0.1) is 10.2 Å². The molecule has 3 rings (SSSR count). The summed E-state index contributed by atoms with van der Waals surface area (Å²) in [4.78, 5) is 24.4. The quantitative estimate of drug-likeness (QED) is 0.688. The summed E-state index contributed by atoms with van der Waals surface area (Å²) in [6, 6.07) is 7.41. The van der Waals surface area contributed by atoms with Gasteiger partial charge in [-0.1, -0.05) is 30.8 Å². The minimum atomic E-state index is -0.0624. The first kappa shape index (κ1) is 16.5. The maximum Gasteiger partial charge on any atom is 0.262 e. The number of fused-ring (bicyclic) bond motifs is 3. The summed E-state index contributed by atoms with van der Waals surface area (Å²) in [5.74, 6) is 0.722. The van der Waals surface area contributed by atoms with Crippen molar-refractivity contribution in [1.82, 2.24) is 24.5 Å². The molecule has 0 radical (unpaired) electrons. The van der Waals surface area contributed by atoms with Crippen molar-refractivity contribution >= 4 is 34.3 Å². The van der Waals surface area contributed by atoms with Crippen LogP contribution in [-0.2, 0) is 11.3 Å². The van der Waals surface area contributed by atoms with Crippen LogP contribution in [0.25, 0.3) is 16.7 Å². The summed E-state index contributed by atoms with van der Waals surface area (Å²) in [7, 11) is 0. The summed E-state index contributed by atoms with van der Waals surface area (Å²) >= 11 is 1.31. The molecule has 2 aromatic heterocycles. The van der Waals surface area contributed by atoms with Crippen molar-refractivity contribution in [2.24, 2.45) is 0 Å². The zero-order chi connectivity index (χ0) is 17.1. The normalized spacial score (nSPS) is 11.2. The van der Waals surface area contributed by atoms with Crippen molar-refractivity contribution in [3.05, 3.63) is 34.6 Å². The molecule has 126 valence electrons. The number of aromatic nitrogens is 4. The van der Waals surface area contributed by atoms with Crippen LogP contribution in [0.3, 0.4) is 0 Å². The molecule has 0 bridgehead atoms. The average molecular weight is 345 g/mol. The van der Waals surface area contributed by atoms with Crippen molar-refractivity contribution in [1.29, 1.82) is 0 Å². The zero-order valence-electron chi connectivity index (χ0n) is 13.7. The molecule has 1 N–H and O–H groups in total. The Labute approximate surface area is 143 Å². The van der Waals surface area contributed by atoms with Gasteiger partial charge >= 0.3 is 0 Å². The number of amides is 1. The maximum atomic E-state index is 12.7. The number of thioether (sulfide) groups is 1. The lowest BCUT2D eigenvalue weighted by Crippen LogP contribution is -2.25. The Morgan fingerprint density at radius 1 is 1.25 bits per heavy atom. The largest absolute Gasteiger partial charge is 0.356 e. The molecule has 0 aliphatic rings. The molecule has 24 heavy (non-hydrogen) atoms. The molecular weight excluding hydrogens is 326 g/mol. The molecular formula is C16H19N5O2S. The number of benzene rings is 1. The molecule has 0 fully saturated rings. The Balaban J connectivity index is 2.16. The van der Waals surface area contributed by atoms with Gasteiger partial charge < -0.3 is 5.32 Å². The third-order valence-electron chi connectivity index (χ3n) is 3.63. The number of carbonyl (C=O) groups excluding carboxylic acids is 1. The van der Waals surface area contributed by atoms with E-state index in [1.807, 2.05) is 42.5 Å². The van der Waals surface area contributed by atoms with Crippen LogP contribution >= 0.6 is 11.8 Å². The molecule has 0 saturated heterocycles. The second-order valence-electron chi connectivity index (χ2n) is 5.33. The van der Waals surface area contributed by atoms with E-state index in [2.05, 4.69) is 15.5 Å². The first-order valence-corrected chi connectivity index (χ1v) is 8.92. The fourth-order valence-electron chi connectivity index (χ4n) is 2.63. The van der Waals surface area contributed by atoms with E-state index < -0.39 is 0 Å². The standard InChI is InChI=1S/C16H19N5O2S/c1-3-9-20-14(23)11-7-5-6-8-12(11)21-15(20)18-19-16(21)24-10-13(22)17-4-2/h5-8H,3-4,9-10H2,1-2H3,(H,17,22). The van der Waals surface area contributed by atoms with E-state index in [1.165, 1.54) is 11.8 Å². The van der Waals surface area contributed by atoms with Gasteiger partial charge in [-0.2, -0.15) is 0 Å². The Kier molecular flexibility index (Phi) is 4.84. The minimum Gasteiger partial charge on any atom is -0.356 e. The molecule has 2 heterocycles. The van der Waals surface area contributed by atoms with Crippen molar-refractivity contribution in [2.45, 2.75) is 32.0 Å². The lowest BCUT2D eigenvalue weighted by atomic mass is 10.2. The summed E-state index contributed by atoms with van der Waals surface area (Å²) in [6.07, 6.45) is 0.822. The van der Waals surface area contributed by atoms with Gasteiger partial charge in [0.05, 0.1) is 16.7 Å². The summed E-state index contributed by atoms with van der Waals surface area (Å²) < 4.78 is 3.50. The van der Waals surface area contributed by atoms with E-state index in [1.54, 1.807) is 4.57 Å². The smallest absolute Gasteiger partial charge is 0.262 e. The number of rotatable bonds is 6. The highest BCUT2D eigenvalue weighted by Gasteiger charge is 2.16. The molecule has 0 unspecified atom stereocenters. The van der Waals surface area contributed by atoms with E-state index in [0.29, 0.717) is 29.4 Å². The Morgan fingerprint density at radius 2 is 2.04 bits per heavy atom. The first-order valence-electron chi connectivity index (χ1n) is 7.93. The first-order chi connectivity index (χ1) is 11.7. The highest BCUT2D eigenvalue weighted by Crippen LogP contribution is 2.21. The van der Waals surface area contributed by atoms with Gasteiger partial charge in [0.2, 0.25) is 11.7 Å². The number of nitrogens with zero attached hydrogens (tertiary/aromatic N) is 4. The molecule has 0 spiro atoms. The molecule has 0 saturated carbocycles. The molecule has 8 heteroatoms. The number of aryl methyl sites for hydroxylation is 1. The van der Waals surface area contributed by atoms with Gasteiger partial charge in [-0.25, -0.2) is 0 Å². The van der Waals surface area contributed by atoms with Crippen LogP contribution in [-0.4, -0.2) is 37.4 Å². The highest BCUT2D eigenvalue weighted by atomic mass is 32.2. The van der Waals surface area contributed by atoms with Crippen molar-refractivity contribution in [2.75, 3.05) is 12.3 Å². The molecule has 3 aromatic rings. The molecule has 1 amide bonds. The van der Waals surface area contributed by atoms with E-state index in [-0.39, 0.29) is 17.2 Å². The highest BCUT2D eigenvalue weighted by molar-refractivity contribution is 7.99. The molecule has 0 aliphatic heterocycles. The Bertz CT molecular complexity index is 947. The van der Waals surface area contributed by atoms with Crippen LogP contribution in [0.15, 0.2) is 34.2 Å². The van der Waals surface area contributed by atoms with E-state index in [0.717, 1.165) is 11.9 Å². The second-order valence-corrected chi connectivity index (χ2v) is 6.28. The van der Waals surface area contributed by atoms with Crippen molar-refractivity contribution in [3.63, 3.8) is 0 Å². The van der Waals surface area contributed by atoms with Crippen LogP contribution in [0.2, 0.25) is 0 Å². The number of nitrogens with one attached hydrogen (secondary N) is 1. The average Bonchev–Trinajstić information content (AvgIpc) is 3.01. The van der Waals surface area contributed by atoms with E-state index >= 15 is 0 Å². The SMILES string of the molecule is CCCn1c(=O)c2ccccc2n2c(SCC(=O)NCC)nnc12.